The molecule has 1 aromatic carbocycles. The number of nitrogens with zero attached hydrogens (tertiary/aromatic N) is 5. The number of ether oxygens (including phenoxy) is 2. The third-order valence-corrected chi connectivity index (χ3v) is 5.11. The quantitative estimate of drug-likeness (QED) is 0.209. The number of benzene rings is 1. The second-order valence-corrected chi connectivity index (χ2v) is 7.23. The smallest absolute Gasteiger partial charge is 0.387 e. The number of aromatic nitrogens is 3. The standard InChI is InChI=1S/C20H29F2N7O2.HI/c1-14-26-27-18(28(14)2)12-24-20(23-9-11-30-3)25-15-8-10-29(13-15)16-6-4-5-7-17(16)31-19(21)22;/h4-7,15,19H,8-13H2,1-3H3,(H2,23,24,25);1H. The van der Waals surface area contributed by atoms with Gasteiger partial charge in [0.15, 0.2) is 11.8 Å². The van der Waals surface area contributed by atoms with Crippen LogP contribution in [0, 0.1) is 6.92 Å². The van der Waals surface area contributed by atoms with Gasteiger partial charge in [0.05, 0.1) is 12.3 Å². The zero-order valence-corrected chi connectivity index (χ0v) is 20.8. The summed E-state index contributed by atoms with van der Waals surface area (Å²) in [7, 11) is 3.54. The number of nitrogens with one attached hydrogen (secondary N) is 2. The number of guanidine groups is 1. The summed E-state index contributed by atoms with van der Waals surface area (Å²) in [6.45, 7) is 1.90. The van der Waals surface area contributed by atoms with E-state index in [9.17, 15) is 8.78 Å². The molecule has 0 aliphatic carbocycles. The summed E-state index contributed by atoms with van der Waals surface area (Å²) >= 11 is 0. The summed E-state index contributed by atoms with van der Waals surface area (Å²) in [5.41, 5.74) is 0.660. The maximum atomic E-state index is 12.7. The Morgan fingerprint density at radius 1 is 1.31 bits per heavy atom. The molecule has 1 saturated heterocycles. The Labute approximate surface area is 203 Å². The minimum atomic E-state index is -2.86. The van der Waals surface area contributed by atoms with Gasteiger partial charge in [-0.2, -0.15) is 8.78 Å². The highest BCUT2D eigenvalue weighted by Crippen LogP contribution is 2.31. The lowest BCUT2D eigenvalue weighted by Gasteiger charge is -2.22. The Kier molecular flexibility index (Phi) is 10.4. The van der Waals surface area contributed by atoms with Crippen molar-refractivity contribution in [2.45, 2.75) is 32.5 Å². The lowest BCUT2D eigenvalue weighted by Crippen LogP contribution is -2.45. The minimum Gasteiger partial charge on any atom is -0.433 e. The van der Waals surface area contributed by atoms with E-state index in [1.807, 2.05) is 29.5 Å². The Morgan fingerprint density at radius 3 is 2.78 bits per heavy atom. The van der Waals surface area contributed by atoms with Gasteiger partial charge in [-0.05, 0) is 25.5 Å². The van der Waals surface area contributed by atoms with Gasteiger partial charge >= 0.3 is 6.61 Å². The number of aryl methyl sites for hydroxylation is 1. The second-order valence-electron chi connectivity index (χ2n) is 7.23. The molecule has 178 valence electrons. The van der Waals surface area contributed by atoms with Crippen molar-refractivity contribution < 1.29 is 18.3 Å². The maximum absolute atomic E-state index is 12.7. The monoisotopic (exact) mass is 565 g/mol. The van der Waals surface area contributed by atoms with Gasteiger partial charge in [0.2, 0.25) is 0 Å². The summed E-state index contributed by atoms with van der Waals surface area (Å²) in [5.74, 6) is 2.41. The van der Waals surface area contributed by atoms with E-state index >= 15 is 0 Å². The van der Waals surface area contributed by atoms with Crippen LogP contribution in [0.2, 0.25) is 0 Å². The Bertz CT molecular complexity index is 881. The highest BCUT2D eigenvalue weighted by molar-refractivity contribution is 14.0. The molecule has 2 N–H and O–H groups in total. The third-order valence-electron chi connectivity index (χ3n) is 5.11. The molecule has 9 nitrogen and oxygen atoms in total. The number of hydrogen-bond donors (Lipinski definition) is 2. The number of anilines is 1. The van der Waals surface area contributed by atoms with E-state index in [-0.39, 0.29) is 35.8 Å². The number of methoxy groups -OCH3 is 1. The predicted octanol–water partition coefficient (Wildman–Crippen LogP) is 2.30. The zero-order chi connectivity index (χ0) is 22.2. The molecular weight excluding hydrogens is 535 g/mol. The molecule has 1 unspecified atom stereocenters. The molecule has 2 heterocycles. The lowest BCUT2D eigenvalue weighted by atomic mass is 10.2. The molecule has 3 rings (SSSR count). The number of hydrogen-bond acceptors (Lipinski definition) is 6. The first-order valence-corrected chi connectivity index (χ1v) is 10.2. The van der Waals surface area contributed by atoms with Crippen molar-refractivity contribution in [2.75, 3.05) is 38.3 Å². The van der Waals surface area contributed by atoms with E-state index < -0.39 is 6.61 Å². The first-order chi connectivity index (χ1) is 15.0. The van der Waals surface area contributed by atoms with Gasteiger partial charge in [0.25, 0.3) is 0 Å². The summed E-state index contributed by atoms with van der Waals surface area (Å²) in [6.07, 6.45) is 0.830. The third kappa shape index (κ3) is 7.15. The molecule has 0 saturated carbocycles. The first-order valence-electron chi connectivity index (χ1n) is 10.2. The molecule has 1 aliphatic rings. The van der Waals surface area contributed by atoms with Crippen LogP contribution in [0.5, 0.6) is 5.75 Å². The topological polar surface area (TPSA) is 88.8 Å². The van der Waals surface area contributed by atoms with E-state index in [0.717, 1.165) is 24.6 Å². The van der Waals surface area contributed by atoms with E-state index in [1.54, 1.807) is 25.3 Å². The highest BCUT2D eigenvalue weighted by atomic mass is 127. The van der Waals surface area contributed by atoms with Crippen LogP contribution in [0.1, 0.15) is 18.1 Å². The van der Waals surface area contributed by atoms with E-state index in [1.165, 1.54) is 0 Å². The van der Waals surface area contributed by atoms with Crippen molar-refractivity contribution >= 4 is 35.6 Å². The molecule has 1 atom stereocenters. The van der Waals surface area contributed by atoms with Crippen molar-refractivity contribution in [2.24, 2.45) is 12.0 Å². The molecule has 0 bridgehead atoms. The normalized spacial score (nSPS) is 16.2. The molecule has 0 spiro atoms. The fraction of sp³-hybridized carbons (Fsp3) is 0.550. The maximum Gasteiger partial charge on any atom is 0.387 e. The fourth-order valence-electron chi connectivity index (χ4n) is 3.37. The number of halogens is 3. The van der Waals surface area contributed by atoms with Crippen molar-refractivity contribution in [1.29, 1.82) is 0 Å². The van der Waals surface area contributed by atoms with E-state index in [4.69, 9.17) is 4.74 Å². The van der Waals surface area contributed by atoms with Crippen LogP contribution in [0.4, 0.5) is 14.5 Å². The van der Waals surface area contributed by atoms with Crippen LogP contribution < -0.4 is 20.3 Å². The average molecular weight is 565 g/mol. The summed E-state index contributed by atoms with van der Waals surface area (Å²) in [4.78, 5) is 6.67. The van der Waals surface area contributed by atoms with Crippen LogP contribution in [0.3, 0.4) is 0 Å². The average Bonchev–Trinajstić information content (AvgIpc) is 3.33. The van der Waals surface area contributed by atoms with Crippen molar-refractivity contribution in [3.8, 4) is 5.75 Å². The Balaban J connectivity index is 0.00000363. The number of rotatable bonds is 9. The van der Waals surface area contributed by atoms with Gasteiger partial charge in [-0.3, -0.25) is 0 Å². The largest absolute Gasteiger partial charge is 0.433 e. The highest BCUT2D eigenvalue weighted by Gasteiger charge is 2.26. The first kappa shape index (κ1) is 26.0. The SMILES string of the molecule is COCCNC(=NCc1nnc(C)n1C)NC1CCN(c2ccccc2OC(F)F)C1.I. The molecule has 1 aliphatic heterocycles. The van der Waals surface area contributed by atoms with Gasteiger partial charge in [-0.25, -0.2) is 4.99 Å². The summed E-state index contributed by atoms with van der Waals surface area (Å²) in [5, 5.41) is 14.9. The summed E-state index contributed by atoms with van der Waals surface area (Å²) < 4.78 is 37.2. The molecule has 32 heavy (non-hydrogen) atoms. The van der Waals surface area contributed by atoms with Crippen LogP contribution in [-0.2, 0) is 18.3 Å². The van der Waals surface area contributed by atoms with Crippen molar-refractivity contribution in [3.63, 3.8) is 0 Å². The van der Waals surface area contributed by atoms with Gasteiger partial charge in [-0.15, -0.1) is 34.2 Å². The van der Waals surface area contributed by atoms with Gasteiger partial charge in [0, 0.05) is 39.8 Å². The molecule has 1 fully saturated rings. The van der Waals surface area contributed by atoms with Crippen LogP contribution >= 0.6 is 24.0 Å². The van der Waals surface area contributed by atoms with Crippen molar-refractivity contribution in [3.05, 3.63) is 35.9 Å². The second kappa shape index (κ2) is 12.7. The van der Waals surface area contributed by atoms with Crippen LogP contribution in [-0.4, -0.2) is 66.7 Å². The molecule has 0 amide bonds. The molecule has 2 aromatic rings. The van der Waals surface area contributed by atoms with Crippen molar-refractivity contribution in [1.82, 2.24) is 25.4 Å². The van der Waals surface area contributed by atoms with Crippen LogP contribution in [0.25, 0.3) is 0 Å². The number of para-hydroxylation sites is 2. The lowest BCUT2D eigenvalue weighted by molar-refractivity contribution is -0.0495. The Morgan fingerprint density at radius 2 is 2.09 bits per heavy atom. The minimum absolute atomic E-state index is 0. The van der Waals surface area contributed by atoms with Gasteiger partial charge in [-0.1, -0.05) is 12.1 Å². The number of alkyl halides is 2. The van der Waals surface area contributed by atoms with Gasteiger partial charge < -0.3 is 29.6 Å². The van der Waals surface area contributed by atoms with E-state index in [0.29, 0.717) is 37.9 Å². The zero-order valence-electron chi connectivity index (χ0n) is 18.4. The van der Waals surface area contributed by atoms with Crippen LogP contribution in [0.15, 0.2) is 29.3 Å². The fourth-order valence-corrected chi connectivity index (χ4v) is 3.37. The molecule has 0 radical (unpaired) electrons. The number of aliphatic imine (C=N–C) groups is 1. The summed E-state index contributed by atoms with van der Waals surface area (Å²) in [6, 6.07) is 6.95. The van der Waals surface area contributed by atoms with E-state index in [2.05, 4.69) is 30.6 Å². The molecular formula is C20H30F2IN7O2. The molecule has 12 heteroatoms. The van der Waals surface area contributed by atoms with Gasteiger partial charge in [0.1, 0.15) is 18.1 Å². The predicted molar refractivity (Wildman–Crippen MR) is 129 cm³/mol. The Hall–Kier alpha value is -2.22. The molecule has 1 aromatic heterocycles.